The van der Waals surface area contributed by atoms with Crippen molar-refractivity contribution in [1.29, 1.82) is 0 Å². The molecule has 0 aromatic carbocycles. The number of rotatable bonds is 7. The zero-order valence-electron chi connectivity index (χ0n) is 19.0. The molecule has 0 amide bonds. The molecule has 16 N–H and O–H groups in total. The minimum atomic E-state index is -1.41. The van der Waals surface area contributed by atoms with Gasteiger partial charge in [-0.15, -0.1) is 0 Å². The Hall–Kier alpha value is -0.600. The third-order valence-corrected chi connectivity index (χ3v) is 6.69. The maximum absolute atomic E-state index is 11.1. The van der Waals surface area contributed by atoms with Crippen LogP contribution in [0.5, 0.6) is 0 Å². The second-order valence-corrected chi connectivity index (χ2v) is 9.13. The zero-order chi connectivity index (χ0) is 25.3. The second-order valence-electron chi connectivity index (χ2n) is 9.13. The average Bonchev–Trinajstić information content (AvgIpc) is 2.80. The average molecular weight is 497 g/mol. The summed E-state index contributed by atoms with van der Waals surface area (Å²) < 4.78 is 22.9. The van der Waals surface area contributed by atoms with Crippen molar-refractivity contribution in [3.63, 3.8) is 0 Å². The molecular formula is C19H40N6O9. The Labute approximate surface area is 197 Å². The Kier molecular flexibility index (Phi) is 9.57. The molecule has 200 valence electrons. The highest BCUT2D eigenvalue weighted by Crippen LogP contribution is 2.30. The highest BCUT2D eigenvalue weighted by Gasteiger charge is 2.51. The Bertz CT molecular complexity index is 653. The predicted molar refractivity (Wildman–Crippen MR) is 116 cm³/mol. The molecule has 1 saturated carbocycles. The highest BCUT2D eigenvalue weighted by molar-refractivity contribution is 5.01. The van der Waals surface area contributed by atoms with E-state index < -0.39 is 91.8 Å². The van der Waals surface area contributed by atoms with Gasteiger partial charge in [-0.25, -0.2) is 0 Å². The van der Waals surface area contributed by atoms with E-state index in [9.17, 15) is 25.5 Å². The number of likely N-dealkylation sites (N-methyl/N-ethyl adjacent to an activating group) is 1. The van der Waals surface area contributed by atoms with Crippen LogP contribution < -0.4 is 34.0 Å². The van der Waals surface area contributed by atoms with Crippen LogP contribution in [0, 0.1) is 0 Å². The van der Waals surface area contributed by atoms with Crippen LogP contribution in [0.15, 0.2) is 0 Å². The van der Waals surface area contributed by atoms with Crippen LogP contribution in [0.25, 0.3) is 0 Å². The van der Waals surface area contributed by atoms with E-state index in [1.54, 1.807) is 6.92 Å². The minimum absolute atomic E-state index is 0.101. The third-order valence-electron chi connectivity index (χ3n) is 6.69. The fourth-order valence-electron chi connectivity index (χ4n) is 4.59. The summed E-state index contributed by atoms with van der Waals surface area (Å²) in [5.74, 6) is 0. The summed E-state index contributed by atoms with van der Waals surface area (Å²) in [5.41, 5.74) is 29.8. The lowest BCUT2D eigenvalue weighted by Gasteiger charge is -2.48. The number of nitrogens with one attached hydrogen (secondary N) is 1. The molecule has 3 rings (SSSR count). The number of aliphatic hydroxyl groups is 5. The fourth-order valence-corrected chi connectivity index (χ4v) is 4.59. The first-order valence-electron chi connectivity index (χ1n) is 11.5. The minimum Gasteiger partial charge on any atom is -0.388 e. The fraction of sp³-hybridized carbons (Fsp3) is 1.00. The molecule has 34 heavy (non-hydrogen) atoms. The maximum Gasteiger partial charge on any atom is 0.187 e. The van der Waals surface area contributed by atoms with E-state index in [2.05, 4.69) is 5.32 Å². The Morgan fingerprint density at radius 3 is 1.91 bits per heavy atom. The molecule has 15 nitrogen and oxygen atoms in total. The number of ether oxygens (including phenoxy) is 4. The predicted octanol–water partition coefficient (Wildman–Crippen LogP) is -6.75. The normalized spacial score (nSPS) is 52.5. The number of nitrogens with two attached hydrogens (primary N) is 5. The van der Waals surface area contributed by atoms with Crippen LogP contribution in [-0.2, 0) is 18.9 Å². The molecule has 2 saturated heterocycles. The first kappa shape index (κ1) is 28.0. The maximum atomic E-state index is 11.1. The summed E-state index contributed by atoms with van der Waals surface area (Å²) in [5, 5.41) is 54.9. The molecule has 2 aliphatic heterocycles. The standard InChI is InChI=1S/C19H40N6O9/c1-2-25-17-12(28)8(23)13(29)19(34-17)33-16-6(22)3-5(21)15(14(16)30)32-18-9(24)11(27)10(26)7(4-20)31-18/h5-19,25-30H,2-4,20-24H2,1H3. The molecule has 15 atom stereocenters. The zero-order valence-corrected chi connectivity index (χ0v) is 19.0. The quantitative estimate of drug-likeness (QED) is 0.156. The monoisotopic (exact) mass is 496 g/mol. The summed E-state index contributed by atoms with van der Waals surface area (Å²) in [6.07, 6.45) is -13.1. The van der Waals surface area contributed by atoms with Crippen molar-refractivity contribution in [2.45, 2.75) is 105 Å². The molecule has 3 aliphatic rings. The number of aliphatic hydroxyl groups excluding tert-OH is 5. The van der Waals surface area contributed by atoms with Crippen LogP contribution in [0.2, 0.25) is 0 Å². The van der Waals surface area contributed by atoms with Crippen molar-refractivity contribution in [1.82, 2.24) is 5.32 Å². The summed E-state index contributed by atoms with van der Waals surface area (Å²) in [6.45, 7) is 2.16. The summed E-state index contributed by atoms with van der Waals surface area (Å²) >= 11 is 0. The van der Waals surface area contributed by atoms with E-state index in [4.69, 9.17) is 47.6 Å². The molecular weight excluding hydrogens is 456 g/mol. The first-order chi connectivity index (χ1) is 16.0. The van der Waals surface area contributed by atoms with Gasteiger partial charge in [0.05, 0.1) is 12.1 Å². The number of hydrogen-bond donors (Lipinski definition) is 11. The van der Waals surface area contributed by atoms with Crippen LogP contribution in [0.4, 0.5) is 0 Å². The lowest BCUT2D eigenvalue weighted by atomic mass is 9.84. The molecule has 0 aromatic heterocycles. The summed E-state index contributed by atoms with van der Waals surface area (Å²) in [7, 11) is 0. The van der Waals surface area contributed by atoms with Crippen LogP contribution in [0.3, 0.4) is 0 Å². The van der Waals surface area contributed by atoms with Crippen LogP contribution >= 0.6 is 0 Å². The SMILES string of the molecule is CCNC1OC(OC2C(N)CC(N)C(OC3OC(CN)C(O)C(O)C3N)C2O)C(O)C(N)C1O. The van der Waals surface area contributed by atoms with Crippen molar-refractivity contribution in [3.8, 4) is 0 Å². The molecule has 15 heteroatoms. The van der Waals surface area contributed by atoms with Crippen LogP contribution in [-0.4, -0.2) is 130 Å². The molecule has 0 radical (unpaired) electrons. The van der Waals surface area contributed by atoms with E-state index in [1.165, 1.54) is 0 Å². The molecule has 0 bridgehead atoms. The van der Waals surface area contributed by atoms with Crippen molar-refractivity contribution in [2.24, 2.45) is 28.7 Å². The van der Waals surface area contributed by atoms with Crippen molar-refractivity contribution in [2.75, 3.05) is 13.1 Å². The van der Waals surface area contributed by atoms with Gasteiger partial charge in [0.2, 0.25) is 0 Å². The smallest absolute Gasteiger partial charge is 0.187 e. The van der Waals surface area contributed by atoms with Gasteiger partial charge in [0.15, 0.2) is 12.6 Å². The molecule has 0 spiro atoms. The van der Waals surface area contributed by atoms with E-state index in [1.807, 2.05) is 0 Å². The second kappa shape index (κ2) is 11.6. The summed E-state index contributed by atoms with van der Waals surface area (Å²) in [6, 6.07) is -3.73. The van der Waals surface area contributed by atoms with Gasteiger partial charge in [-0.1, -0.05) is 6.92 Å². The van der Waals surface area contributed by atoms with Crippen molar-refractivity contribution >= 4 is 0 Å². The van der Waals surface area contributed by atoms with E-state index >= 15 is 0 Å². The molecule has 2 heterocycles. The van der Waals surface area contributed by atoms with Crippen molar-refractivity contribution in [3.05, 3.63) is 0 Å². The van der Waals surface area contributed by atoms with Gasteiger partial charge in [-0.05, 0) is 13.0 Å². The molecule has 3 fully saturated rings. The van der Waals surface area contributed by atoms with Gasteiger partial charge in [0, 0.05) is 18.6 Å². The largest absolute Gasteiger partial charge is 0.388 e. The van der Waals surface area contributed by atoms with Gasteiger partial charge in [-0.2, -0.15) is 0 Å². The highest BCUT2D eigenvalue weighted by atomic mass is 16.7. The van der Waals surface area contributed by atoms with Gasteiger partial charge < -0.3 is 73.1 Å². The number of hydrogen-bond acceptors (Lipinski definition) is 15. The van der Waals surface area contributed by atoms with Crippen molar-refractivity contribution < 1.29 is 44.5 Å². The molecule has 1 aliphatic carbocycles. The van der Waals surface area contributed by atoms with Crippen LogP contribution in [0.1, 0.15) is 13.3 Å². The van der Waals surface area contributed by atoms with Gasteiger partial charge in [0.25, 0.3) is 0 Å². The van der Waals surface area contributed by atoms with E-state index in [0.717, 1.165) is 0 Å². The Morgan fingerprint density at radius 2 is 1.35 bits per heavy atom. The van der Waals surface area contributed by atoms with E-state index in [-0.39, 0.29) is 13.0 Å². The van der Waals surface area contributed by atoms with Gasteiger partial charge in [-0.3, -0.25) is 5.32 Å². The lowest BCUT2D eigenvalue weighted by Crippen LogP contribution is -2.69. The van der Waals surface area contributed by atoms with Gasteiger partial charge >= 0.3 is 0 Å². The first-order valence-corrected chi connectivity index (χ1v) is 11.5. The lowest BCUT2D eigenvalue weighted by molar-refractivity contribution is -0.319. The molecule has 15 unspecified atom stereocenters. The topological polar surface area (TPSA) is 280 Å². The third kappa shape index (κ3) is 5.54. The molecule has 0 aromatic rings. The van der Waals surface area contributed by atoms with E-state index in [0.29, 0.717) is 6.54 Å². The Balaban J connectivity index is 1.72. The van der Waals surface area contributed by atoms with Gasteiger partial charge in [0.1, 0.15) is 55.1 Å². The summed E-state index contributed by atoms with van der Waals surface area (Å²) in [4.78, 5) is 0. The Morgan fingerprint density at radius 1 is 0.765 bits per heavy atom.